The molecule has 104 valence electrons. The Balaban J connectivity index is 2.20. The molecule has 1 aromatic rings. The van der Waals surface area contributed by atoms with Gasteiger partial charge in [0.1, 0.15) is 0 Å². The monoisotopic (exact) mass is 271 g/mol. The standard InChI is InChI=1S/C13H15F2NO3/c14-13(15)19-11-6-5-9(8-16-17)7-12(11)18-10-3-1-2-4-10/h5-8,10,13,17H,1-4H2. The zero-order valence-electron chi connectivity index (χ0n) is 10.3. The Bertz CT molecular complexity index is 446. The third kappa shape index (κ3) is 3.81. The molecule has 0 radical (unpaired) electrons. The molecule has 0 amide bonds. The van der Waals surface area contributed by atoms with Crippen LogP contribution in [0.2, 0.25) is 0 Å². The quantitative estimate of drug-likeness (QED) is 0.507. The first kappa shape index (κ1) is 13.6. The van der Waals surface area contributed by atoms with E-state index in [-0.39, 0.29) is 17.6 Å². The summed E-state index contributed by atoms with van der Waals surface area (Å²) in [5.74, 6) is 0.251. The maximum Gasteiger partial charge on any atom is 0.387 e. The summed E-state index contributed by atoms with van der Waals surface area (Å²) >= 11 is 0. The van der Waals surface area contributed by atoms with E-state index in [0.29, 0.717) is 5.56 Å². The van der Waals surface area contributed by atoms with Crippen molar-refractivity contribution in [3.8, 4) is 11.5 Å². The highest BCUT2D eigenvalue weighted by Gasteiger charge is 2.19. The average Bonchev–Trinajstić information content (AvgIpc) is 2.85. The van der Waals surface area contributed by atoms with E-state index in [1.54, 1.807) is 0 Å². The molecular formula is C13H15F2NO3. The molecule has 0 aromatic heterocycles. The van der Waals surface area contributed by atoms with Gasteiger partial charge < -0.3 is 14.7 Å². The van der Waals surface area contributed by atoms with E-state index in [4.69, 9.17) is 9.94 Å². The minimum atomic E-state index is -2.90. The molecule has 1 saturated carbocycles. The van der Waals surface area contributed by atoms with Gasteiger partial charge in [-0.2, -0.15) is 8.78 Å². The number of ether oxygens (including phenoxy) is 2. The van der Waals surface area contributed by atoms with Crippen LogP contribution in [0.15, 0.2) is 23.4 Å². The zero-order valence-corrected chi connectivity index (χ0v) is 10.3. The van der Waals surface area contributed by atoms with Crippen LogP contribution in [0.4, 0.5) is 8.78 Å². The normalized spacial score (nSPS) is 16.4. The van der Waals surface area contributed by atoms with E-state index < -0.39 is 6.61 Å². The highest BCUT2D eigenvalue weighted by molar-refractivity contribution is 5.80. The Kier molecular flexibility index (Phi) is 4.54. The van der Waals surface area contributed by atoms with Crippen molar-refractivity contribution in [2.24, 2.45) is 5.16 Å². The number of rotatable bonds is 5. The maximum absolute atomic E-state index is 12.3. The van der Waals surface area contributed by atoms with Crippen molar-refractivity contribution in [1.82, 2.24) is 0 Å². The van der Waals surface area contributed by atoms with Crippen LogP contribution in [-0.4, -0.2) is 24.1 Å². The van der Waals surface area contributed by atoms with Crippen LogP contribution in [0.25, 0.3) is 0 Å². The van der Waals surface area contributed by atoms with E-state index in [0.717, 1.165) is 25.7 Å². The molecule has 1 N–H and O–H groups in total. The molecule has 0 heterocycles. The van der Waals surface area contributed by atoms with Crippen molar-refractivity contribution < 1.29 is 23.5 Å². The number of benzene rings is 1. The van der Waals surface area contributed by atoms with E-state index in [1.807, 2.05) is 0 Å². The lowest BCUT2D eigenvalue weighted by molar-refractivity contribution is -0.0520. The molecule has 1 aromatic carbocycles. The van der Waals surface area contributed by atoms with Crippen molar-refractivity contribution in [2.45, 2.75) is 38.4 Å². The van der Waals surface area contributed by atoms with Crippen LogP contribution < -0.4 is 9.47 Å². The van der Waals surface area contributed by atoms with Crippen molar-refractivity contribution in [1.29, 1.82) is 0 Å². The third-order valence-electron chi connectivity index (χ3n) is 2.99. The largest absolute Gasteiger partial charge is 0.487 e. The van der Waals surface area contributed by atoms with Crippen LogP contribution >= 0.6 is 0 Å². The number of halogens is 2. The van der Waals surface area contributed by atoms with Crippen molar-refractivity contribution in [3.05, 3.63) is 23.8 Å². The second-order valence-corrected chi connectivity index (χ2v) is 4.35. The van der Waals surface area contributed by atoms with E-state index >= 15 is 0 Å². The predicted molar refractivity (Wildman–Crippen MR) is 65.3 cm³/mol. The van der Waals surface area contributed by atoms with E-state index in [9.17, 15) is 8.78 Å². The van der Waals surface area contributed by atoms with Gasteiger partial charge in [-0.1, -0.05) is 5.16 Å². The van der Waals surface area contributed by atoms with E-state index in [2.05, 4.69) is 9.89 Å². The fourth-order valence-corrected chi connectivity index (χ4v) is 2.14. The smallest absolute Gasteiger partial charge is 0.387 e. The summed E-state index contributed by atoms with van der Waals surface area (Å²) in [5, 5.41) is 11.4. The van der Waals surface area contributed by atoms with Gasteiger partial charge >= 0.3 is 6.61 Å². The van der Waals surface area contributed by atoms with Gasteiger partial charge in [-0.05, 0) is 43.9 Å². The van der Waals surface area contributed by atoms with Gasteiger partial charge in [0.25, 0.3) is 0 Å². The summed E-state index contributed by atoms with van der Waals surface area (Å²) in [6.45, 7) is -2.90. The highest BCUT2D eigenvalue weighted by atomic mass is 19.3. The summed E-state index contributed by atoms with van der Waals surface area (Å²) in [7, 11) is 0. The highest BCUT2D eigenvalue weighted by Crippen LogP contribution is 2.33. The molecule has 0 aliphatic heterocycles. The lowest BCUT2D eigenvalue weighted by Gasteiger charge is -2.17. The van der Waals surface area contributed by atoms with Gasteiger partial charge in [0, 0.05) is 5.56 Å². The summed E-state index contributed by atoms with van der Waals surface area (Å²) in [4.78, 5) is 0. The molecule has 1 aliphatic rings. The molecule has 1 fully saturated rings. The number of oxime groups is 1. The fraction of sp³-hybridized carbons (Fsp3) is 0.462. The Labute approximate surface area is 109 Å². The summed E-state index contributed by atoms with van der Waals surface area (Å²) in [6.07, 6.45) is 5.20. The minimum Gasteiger partial charge on any atom is -0.487 e. The van der Waals surface area contributed by atoms with Gasteiger partial charge in [-0.3, -0.25) is 0 Å². The first-order valence-corrected chi connectivity index (χ1v) is 6.12. The summed E-state index contributed by atoms with van der Waals surface area (Å²) in [6, 6.07) is 4.42. The summed E-state index contributed by atoms with van der Waals surface area (Å²) < 4.78 is 34.8. The Morgan fingerprint density at radius 2 is 2.00 bits per heavy atom. The SMILES string of the molecule is ON=Cc1ccc(OC(F)F)c(OC2CCCC2)c1. The lowest BCUT2D eigenvalue weighted by atomic mass is 10.2. The van der Waals surface area contributed by atoms with Crippen molar-refractivity contribution in [3.63, 3.8) is 0 Å². The van der Waals surface area contributed by atoms with Gasteiger partial charge in [0.15, 0.2) is 11.5 Å². The molecule has 2 rings (SSSR count). The zero-order chi connectivity index (χ0) is 13.7. The maximum atomic E-state index is 12.3. The van der Waals surface area contributed by atoms with Gasteiger partial charge in [-0.15, -0.1) is 0 Å². The summed E-state index contributed by atoms with van der Waals surface area (Å²) in [5.41, 5.74) is 0.553. The molecule has 1 aliphatic carbocycles. The molecule has 0 unspecified atom stereocenters. The number of nitrogens with zero attached hydrogens (tertiary/aromatic N) is 1. The second kappa shape index (κ2) is 6.36. The molecule has 6 heteroatoms. The van der Waals surface area contributed by atoms with Crippen LogP contribution in [0.1, 0.15) is 31.2 Å². The molecular weight excluding hydrogens is 256 g/mol. The Morgan fingerprint density at radius 3 is 2.63 bits per heavy atom. The van der Waals surface area contributed by atoms with Gasteiger partial charge in [0.2, 0.25) is 0 Å². The molecule has 19 heavy (non-hydrogen) atoms. The molecule has 0 saturated heterocycles. The number of alkyl halides is 2. The van der Waals surface area contributed by atoms with Crippen LogP contribution in [-0.2, 0) is 0 Å². The van der Waals surface area contributed by atoms with Gasteiger partial charge in [-0.25, -0.2) is 0 Å². The van der Waals surface area contributed by atoms with Crippen LogP contribution in [0.3, 0.4) is 0 Å². The van der Waals surface area contributed by atoms with Crippen LogP contribution in [0, 0.1) is 0 Å². The minimum absolute atomic E-state index is 0.00279. The first-order valence-electron chi connectivity index (χ1n) is 6.12. The second-order valence-electron chi connectivity index (χ2n) is 4.35. The van der Waals surface area contributed by atoms with Crippen LogP contribution in [0.5, 0.6) is 11.5 Å². The predicted octanol–water partition coefficient (Wildman–Crippen LogP) is 3.42. The molecule has 4 nitrogen and oxygen atoms in total. The number of hydrogen-bond acceptors (Lipinski definition) is 4. The van der Waals surface area contributed by atoms with E-state index in [1.165, 1.54) is 24.4 Å². The number of hydrogen-bond donors (Lipinski definition) is 1. The van der Waals surface area contributed by atoms with Gasteiger partial charge in [0.05, 0.1) is 12.3 Å². The average molecular weight is 271 g/mol. The fourth-order valence-electron chi connectivity index (χ4n) is 2.14. The van der Waals surface area contributed by atoms with Crippen molar-refractivity contribution >= 4 is 6.21 Å². The Morgan fingerprint density at radius 1 is 1.26 bits per heavy atom. The third-order valence-corrected chi connectivity index (χ3v) is 2.99. The first-order chi connectivity index (χ1) is 9.19. The Hall–Kier alpha value is -1.85. The molecule has 0 bridgehead atoms. The molecule has 0 atom stereocenters. The van der Waals surface area contributed by atoms with Crippen molar-refractivity contribution in [2.75, 3.05) is 0 Å². The topological polar surface area (TPSA) is 51.1 Å². The lowest BCUT2D eigenvalue weighted by Crippen LogP contribution is -2.13. The molecule has 0 spiro atoms.